The van der Waals surface area contributed by atoms with Crippen LogP contribution in [0.5, 0.6) is 0 Å². The largest absolute Gasteiger partial charge is 0.378 e. The minimum Gasteiger partial charge on any atom is -0.378 e. The number of hydrogen-bond acceptors (Lipinski definition) is 6. The Balaban J connectivity index is 0.00000112. The summed E-state index contributed by atoms with van der Waals surface area (Å²) in [5.74, 6) is 0.690. The lowest BCUT2D eigenvalue weighted by Gasteiger charge is -2.35. The number of nitrogens with zero attached hydrogens (tertiary/aromatic N) is 1. The summed E-state index contributed by atoms with van der Waals surface area (Å²) in [4.78, 5) is 13.3. The lowest BCUT2D eigenvalue weighted by molar-refractivity contribution is -0.000631. The van der Waals surface area contributed by atoms with E-state index in [9.17, 15) is 0 Å². The Bertz CT molecular complexity index is 860. The Kier molecular flexibility index (Phi) is 7.04. The highest BCUT2D eigenvalue weighted by molar-refractivity contribution is 5.69. The molecule has 7 heteroatoms. The van der Waals surface area contributed by atoms with Crippen molar-refractivity contribution in [3.63, 3.8) is 0 Å². The average molecular weight is 424 g/mol. The van der Waals surface area contributed by atoms with Gasteiger partial charge in [-0.15, -0.1) is 0 Å². The number of likely N-dealkylation sites (tertiary alicyclic amines) is 1. The Morgan fingerprint density at radius 3 is 2.61 bits per heavy atom. The number of H-pyrrole nitrogens is 1. The summed E-state index contributed by atoms with van der Waals surface area (Å²) >= 11 is 0. The summed E-state index contributed by atoms with van der Waals surface area (Å²) in [5.41, 5.74) is 16.1. The summed E-state index contributed by atoms with van der Waals surface area (Å²) in [6.45, 7) is 2.60. The summed E-state index contributed by atoms with van der Waals surface area (Å²) in [6, 6.07) is 13.5. The SMILES string of the molecule is N=O.N[C@H]1CCN(C2=Cc3[nH]ccc3NC2)[C@H]1COC1CCC(c2ccccc2)CC1. The van der Waals surface area contributed by atoms with Crippen molar-refractivity contribution in [3.05, 3.63) is 64.5 Å². The highest BCUT2D eigenvalue weighted by Crippen LogP contribution is 2.35. The van der Waals surface area contributed by atoms with Crippen LogP contribution >= 0.6 is 0 Å². The standard InChI is InChI=1S/C24H32N4O.HNO/c25-21-11-13-28(19-14-23-22(27-15-19)10-12-26-23)24(21)16-29-20-8-6-18(7-9-20)17-4-2-1-3-5-17;1-2/h1-5,10,12,14,18,20-21,24,26-27H,6-9,11,13,15-16,25H2;1H/t18?,20?,21-,24-;/m0./s1. The van der Waals surface area contributed by atoms with Gasteiger partial charge in [-0.25, -0.2) is 0 Å². The quantitative estimate of drug-likeness (QED) is 0.538. The number of rotatable bonds is 5. The lowest BCUT2D eigenvalue weighted by atomic mass is 9.83. The number of fused-ring (bicyclic) bond motifs is 1. The summed E-state index contributed by atoms with van der Waals surface area (Å²) in [5, 5.41) is 3.51. The van der Waals surface area contributed by atoms with Gasteiger partial charge in [0.1, 0.15) is 0 Å². The van der Waals surface area contributed by atoms with Crippen LogP contribution in [0.4, 0.5) is 5.69 Å². The van der Waals surface area contributed by atoms with Gasteiger partial charge >= 0.3 is 0 Å². The second kappa shape index (κ2) is 10.1. The molecule has 0 bridgehead atoms. The summed E-state index contributed by atoms with van der Waals surface area (Å²) in [7, 11) is 0. The van der Waals surface area contributed by atoms with E-state index in [0.717, 1.165) is 44.7 Å². The van der Waals surface area contributed by atoms with E-state index < -0.39 is 0 Å². The van der Waals surface area contributed by atoms with E-state index >= 15 is 0 Å². The maximum absolute atomic E-state index is 7.50. The van der Waals surface area contributed by atoms with E-state index in [-0.39, 0.29) is 12.1 Å². The molecule has 166 valence electrons. The number of nitrogens with two attached hydrogens (primary N) is 1. The molecule has 2 atom stereocenters. The predicted octanol–water partition coefficient (Wildman–Crippen LogP) is 4.26. The van der Waals surface area contributed by atoms with E-state index in [2.05, 4.69) is 63.3 Å². The molecule has 1 saturated heterocycles. The molecule has 3 aliphatic rings. The molecule has 2 aliphatic heterocycles. The van der Waals surface area contributed by atoms with Gasteiger partial charge in [0.15, 0.2) is 0 Å². The zero-order chi connectivity index (χ0) is 21.6. The molecule has 3 heterocycles. The molecule has 0 spiro atoms. The van der Waals surface area contributed by atoms with Gasteiger partial charge in [0.25, 0.3) is 0 Å². The number of benzene rings is 1. The minimum atomic E-state index is 0.182. The maximum Gasteiger partial charge on any atom is 0.0688 e. The molecular formula is C24H33N5O2. The van der Waals surface area contributed by atoms with Gasteiger partial charge < -0.3 is 25.7 Å². The van der Waals surface area contributed by atoms with Crippen LogP contribution in [0, 0.1) is 10.5 Å². The highest BCUT2D eigenvalue weighted by atomic mass is 16.5. The third kappa shape index (κ3) is 4.83. The first-order chi connectivity index (χ1) is 15.3. The monoisotopic (exact) mass is 423 g/mol. The fraction of sp³-hybridized carbons (Fsp3) is 0.500. The number of anilines is 1. The Morgan fingerprint density at radius 1 is 1.06 bits per heavy atom. The third-order valence-corrected chi connectivity index (χ3v) is 6.96. The van der Waals surface area contributed by atoms with Crippen molar-refractivity contribution in [1.29, 1.82) is 5.59 Å². The van der Waals surface area contributed by atoms with Crippen molar-refractivity contribution in [2.24, 2.45) is 5.73 Å². The van der Waals surface area contributed by atoms with Gasteiger partial charge in [-0.2, -0.15) is 4.91 Å². The molecule has 5 N–H and O–H groups in total. The average Bonchev–Trinajstić information content (AvgIpc) is 3.45. The van der Waals surface area contributed by atoms with E-state index in [1.54, 1.807) is 0 Å². The van der Waals surface area contributed by atoms with Crippen molar-refractivity contribution in [2.75, 3.05) is 25.0 Å². The molecule has 5 rings (SSSR count). The number of hydrogen-bond donors (Lipinski definition) is 4. The van der Waals surface area contributed by atoms with E-state index in [4.69, 9.17) is 15.4 Å². The molecule has 1 aliphatic carbocycles. The molecular weight excluding hydrogens is 390 g/mol. The number of aromatic nitrogens is 1. The summed E-state index contributed by atoms with van der Waals surface area (Å²) in [6.07, 6.45) is 10.4. The topological polar surface area (TPSA) is 107 Å². The second-order valence-electron chi connectivity index (χ2n) is 8.73. The van der Waals surface area contributed by atoms with Crippen molar-refractivity contribution in [1.82, 2.24) is 9.88 Å². The van der Waals surface area contributed by atoms with Crippen LogP contribution in [-0.4, -0.2) is 47.8 Å². The van der Waals surface area contributed by atoms with Crippen LogP contribution in [0.25, 0.3) is 6.08 Å². The first kappa shape index (κ1) is 21.6. The molecule has 0 unspecified atom stereocenters. The van der Waals surface area contributed by atoms with Crippen LogP contribution in [-0.2, 0) is 4.74 Å². The number of nitroso groups, excluding NO2 is 1. The number of aromatic amines is 1. The van der Waals surface area contributed by atoms with Crippen molar-refractivity contribution in [2.45, 2.75) is 56.2 Å². The van der Waals surface area contributed by atoms with E-state index in [1.807, 2.05) is 6.20 Å². The molecule has 31 heavy (non-hydrogen) atoms. The molecule has 0 radical (unpaired) electrons. The number of ether oxygens (including phenoxy) is 1. The zero-order valence-corrected chi connectivity index (χ0v) is 17.9. The van der Waals surface area contributed by atoms with E-state index in [1.165, 1.54) is 29.8 Å². The predicted molar refractivity (Wildman–Crippen MR) is 124 cm³/mol. The van der Waals surface area contributed by atoms with Crippen LogP contribution in [0.1, 0.15) is 49.3 Å². The summed E-state index contributed by atoms with van der Waals surface area (Å²) < 4.78 is 6.42. The van der Waals surface area contributed by atoms with Crippen molar-refractivity contribution < 1.29 is 4.74 Å². The van der Waals surface area contributed by atoms with Crippen LogP contribution in [0.3, 0.4) is 0 Å². The number of nitrogens with one attached hydrogen (secondary N) is 3. The highest BCUT2D eigenvalue weighted by Gasteiger charge is 2.35. The molecule has 2 fully saturated rings. The fourth-order valence-corrected chi connectivity index (χ4v) is 5.21. The first-order valence-corrected chi connectivity index (χ1v) is 11.3. The molecule has 1 aromatic carbocycles. The molecule has 1 aromatic heterocycles. The molecule has 7 nitrogen and oxygen atoms in total. The maximum atomic E-state index is 7.50. The normalized spacial score (nSPS) is 27.5. The van der Waals surface area contributed by atoms with Gasteiger partial charge in [-0.05, 0) is 55.7 Å². The van der Waals surface area contributed by atoms with Crippen LogP contribution in [0.15, 0.2) is 48.3 Å². The van der Waals surface area contributed by atoms with Gasteiger partial charge in [0, 0.05) is 24.5 Å². The van der Waals surface area contributed by atoms with Gasteiger partial charge in [0.05, 0.1) is 36.7 Å². The van der Waals surface area contributed by atoms with Gasteiger partial charge in [-0.1, -0.05) is 35.9 Å². The van der Waals surface area contributed by atoms with E-state index in [0.29, 0.717) is 12.0 Å². The minimum absolute atomic E-state index is 0.182. The molecule has 1 saturated carbocycles. The Hall–Kier alpha value is -2.64. The first-order valence-electron chi connectivity index (χ1n) is 11.3. The van der Waals surface area contributed by atoms with Crippen LogP contribution < -0.4 is 11.1 Å². The molecule has 2 aromatic rings. The van der Waals surface area contributed by atoms with Gasteiger partial charge in [0.2, 0.25) is 0 Å². The smallest absolute Gasteiger partial charge is 0.0688 e. The third-order valence-electron chi connectivity index (χ3n) is 6.96. The van der Waals surface area contributed by atoms with Gasteiger partial charge in [-0.3, -0.25) is 0 Å². The zero-order valence-electron chi connectivity index (χ0n) is 17.9. The van der Waals surface area contributed by atoms with Crippen molar-refractivity contribution >= 4 is 11.8 Å². The van der Waals surface area contributed by atoms with Crippen molar-refractivity contribution in [3.8, 4) is 0 Å². The Morgan fingerprint density at radius 2 is 1.84 bits per heavy atom. The lowest BCUT2D eigenvalue weighted by Crippen LogP contribution is -2.44. The molecule has 0 amide bonds. The Labute approximate surface area is 183 Å². The van der Waals surface area contributed by atoms with Crippen LogP contribution in [0.2, 0.25) is 0 Å². The fourth-order valence-electron chi connectivity index (χ4n) is 5.21. The second-order valence-corrected chi connectivity index (χ2v) is 8.73.